The molecule has 0 aliphatic carbocycles. The highest BCUT2D eigenvalue weighted by Crippen LogP contribution is 2.34. The zero-order valence-electron chi connectivity index (χ0n) is 19.5. The van der Waals surface area contributed by atoms with E-state index in [1.165, 1.54) is 0 Å². The Kier molecular flexibility index (Phi) is 7.36. The van der Waals surface area contributed by atoms with Crippen molar-refractivity contribution < 1.29 is 28.5 Å². The van der Waals surface area contributed by atoms with Gasteiger partial charge in [-0.3, -0.25) is 0 Å². The fourth-order valence-corrected chi connectivity index (χ4v) is 4.02. The summed E-state index contributed by atoms with van der Waals surface area (Å²) in [5.41, 5.74) is 2.82. The highest BCUT2D eigenvalue weighted by atomic mass is 16.7. The fourth-order valence-electron chi connectivity index (χ4n) is 4.02. The highest BCUT2D eigenvalue weighted by Gasteiger charge is 2.29. The molecule has 0 bridgehead atoms. The van der Waals surface area contributed by atoms with E-state index in [0.717, 1.165) is 36.8 Å². The molecular formula is C28H30O6. The summed E-state index contributed by atoms with van der Waals surface area (Å²) in [4.78, 5) is 23.2. The molecule has 2 aromatic carbocycles. The lowest BCUT2D eigenvalue weighted by molar-refractivity contribution is -0.140. The van der Waals surface area contributed by atoms with Crippen molar-refractivity contribution in [2.45, 2.75) is 63.9 Å². The highest BCUT2D eigenvalue weighted by molar-refractivity contribution is 5.90. The predicted octanol–water partition coefficient (Wildman–Crippen LogP) is 6.14. The Morgan fingerprint density at radius 1 is 0.794 bits per heavy atom. The minimum absolute atomic E-state index is 0.291. The Bertz CT molecular complexity index is 940. The van der Waals surface area contributed by atoms with Crippen LogP contribution in [0.1, 0.15) is 68.8 Å². The molecule has 0 aromatic heterocycles. The van der Waals surface area contributed by atoms with E-state index in [1.807, 2.05) is 48.5 Å². The summed E-state index contributed by atoms with van der Waals surface area (Å²) in [6.07, 6.45) is 3.91. The molecule has 2 aromatic rings. The minimum Gasteiger partial charge on any atom is -0.455 e. The maximum absolute atomic E-state index is 11.6. The molecule has 2 atom stereocenters. The van der Waals surface area contributed by atoms with Crippen molar-refractivity contribution in [2.24, 2.45) is 0 Å². The number of hydrogen-bond acceptors (Lipinski definition) is 6. The molecule has 6 heteroatoms. The maximum Gasteiger partial charge on any atom is 0.334 e. The van der Waals surface area contributed by atoms with Crippen LogP contribution in [-0.4, -0.2) is 18.2 Å². The van der Waals surface area contributed by atoms with Crippen LogP contribution in [0.5, 0.6) is 11.5 Å². The molecular weight excluding hydrogens is 432 g/mol. The lowest BCUT2D eigenvalue weighted by Crippen LogP contribution is -2.24. The molecule has 2 heterocycles. The van der Waals surface area contributed by atoms with Gasteiger partial charge in [0.25, 0.3) is 0 Å². The van der Waals surface area contributed by atoms with Gasteiger partial charge in [-0.15, -0.1) is 0 Å². The van der Waals surface area contributed by atoms with Crippen molar-refractivity contribution in [2.75, 3.05) is 0 Å². The molecule has 2 fully saturated rings. The van der Waals surface area contributed by atoms with E-state index in [9.17, 15) is 9.59 Å². The number of unbranched alkanes of at least 4 members (excludes halogenated alkanes) is 2. The summed E-state index contributed by atoms with van der Waals surface area (Å²) in [5.74, 6) is 0.691. The summed E-state index contributed by atoms with van der Waals surface area (Å²) < 4.78 is 23.0. The molecule has 0 saturated carbocycles. The van der Waals surface area contributed by atoms with Gasteiger partial charge in [-0.25, -0.2) is 9.59 Å². The second-order valence-corrected chi connectivity index (χ2v) is 8.70. The van der Waals surface area contributed by atoms with Gasteiger partial charge >= 0.3 is 11.9 Å². The summed E-state index contributed by atoms with van der Waals surface area (Å²) >= 11 is 0. The summed E-state index contributed by atoms with van der Waals surface area (Å²) in [7, 11) is 0. The van der Waals surface area contributed by atoms with Crippen LogP contribution in [0.25, 0.3) is 0 Å². The molecule has 0 radical (unpaired) electrons. The summed E-state index contributed by atoms with van der Waals surface area (Å²) in [5, 5.41) is 0. The van der Waals surface area contributed by atoms with E-state index in [4.69, 9.17) is 18.9 Å². The van der Waals surface area contributed by atoms with Crippen molar-refractivity contribution in [1.29, 1.82) is 0 Å². The van der Waals surface area contributed by atoms with Gasteiger partial charge in [0.1, 0.15) is 23.7 Å². The van der Waals surface area contributed by atoms with E-state index < -0.39 is 6.29 Å². The Morgan fingerprint density at radius 3 is 1.59 bits per heavy atom. The van der Waals surface area contributed by atoms with E-state index in [1.54, 1.807) is 0 Å². The van der Waals surface area contributed by atoms with Crippen molar-refractivity contribution in [3.05, 3.63) is 84.0 Å². The number of carbonyl (C=O) groups excluding carboxylic acids is 2. The smallest absolute Gasteiger partial charge is 0.334 e. The van der Waals surface area contributed by atoms with Crippen LogP contribution in [0.4, 0.5) is 0 Å². The van der Waals surface area contributed by atoms with Gasteiger partial charge in [-0.05, 0) is 41.8 Å². The number of rotatable bonds is 10. The Morgan fingerprint density at radius 2 is 1.24 bits per heavy atom. The Balaban J connectivity index is 1.39. The van der Waals surface area contributed by atoms with Gasteiger partial charge in [-0.1, -0.05) is 57.2 Å². The zero-order valence-corrected chi connectivity index (χ0v) is 19.5. The van der Waals surface area contributed by atoms with Crippen molar-refractivity contribution in [1.82, 2.24) is 0 Å². The standard InChI is InChI=1S/C28H30O6/c1-4-5-6-7-26(31-22-12-8-20(9-13-22)24-16-18(2)27(29)33-24)32-23-14-10-21(11-15-23)25-17-19(3)28(30)34-25/h8-15,24-26H,2-7,16-17H2,1H3. The molecule has 4 rings (SSSR count). The molecule has 0 N–H and O–H groups in total. The van der Waals surface area contributed by atoms with Crippen LogP contribution < -0.4 is 9.47 Å². The lowest BCUT2D eigenvalue weighted by atomic mass is 10.1. The first-order chi connectivity index (χ1) is 16.4. The monoisotopic (exact) mass is 462 g/mol. The van der Waals surface area contributed by atoms with Crippen LogP contribution in [0.3, 0.4) is 0 Å². The number of cyclic esters (lactones) is 2. The minimum atomic E-state index is -0.448. The number of benzene rings is 2. The number of esters is 2. The van der Waals surface area contributed by atoms with Gasteiger partial charge in [0.15, 0.2) is 0 Å². The van der Waals surface area contributed by atoms with Crippen LogP contribution in [0, 0.1) is 0 Å². The topological polar surface area (TPSA) is 71.1 Å². The average Bonchev–Trinajstić information content (AvgIpc) is 3.35. The first-order valence-electron chi connectivity index (χ1n) is 11.7. The third-order valence-corrected chi connectivity index (χ3v) is 6.02. The SMILES string of the molecule is C=C1CC(c2ccc(OC(CCCCC)Oc3ccc(C4CC(=C)C(=O)O4)cc3)cc2)OC1=O. The number of ether oxygens (including phenoxy) is 4. The first kappa shape index (κ1) is 23.6. The number of hydrogen-bond donors (Lipinski definition) is 0. The van der Waals surface area contributed by atoms with E-state index >= 15 is 0 Å². The normalized spacial score (nSPS) is 20.7. The van der Waals surface area contributed by atoms with E-state index in [0.29, 0.717) is 35.5 Å². The van der Waals surface area contributed by atoms with Crippen molar-refractivity contribution in [3.8, 4) is 11.5 Å². The van der Waals surface area contributed by atoms with Crippen LogP contribution >= 0.6 is 0 Å². The van der Waals surface area contributed by atoms with Gasteiger partial charge in [0.05, 0.1) is 0 Å². The summed E-state index contributed by atoms with van der Waals surface area (Å²) in [6, 6.07) is 15.1. The quantitative estimate of drug-likeness (QED) is 0.183. The first-order valence-corrected chi connectivity index (χ1v) is 11.7. The van der Waals surface area contributed by atoms with Gasteiger partial charge in [0.2, 0.25) is 6.29 Å². The lowest BCUT2D eigenvalue weighted by Gasteiger charge is -2.21. The molecule has 6 nitrogen and oxygen atoms in total. The third kappa shape index (κ3) is 5.68. The van der Waals surface area contributed by atoms with Crippen molar-refractivity contribution >= 4 is 11.9 Å². The second-order valence-electron chi connectivity index (χ2n) is 8.70. The van der Waals surface area contributed by atoms with Gasteiger partial charge in [0, 0.05) is 30.4 Å². The second kappa shape index (κ2) is 10.6. The average molecular weight is 463 g/mol. The molecule has 0 amide bonds. The molecule has 2 unspecified atom stereocenters. The molecule has 0 spiro atoms. The van der Waals surface area contributed by atoms with Crippen LogP contribution in [-0.2, 0) is 19.1 Å². The Labute approximate surface area is 200 Å². The Hall–Kier alpha value is -3.54. The van der Waals surface area contributed by atoms with Crippen LogP contribution in [0.15, 0.2) is 72.8 Å². The van der Waals surface area contributed by atoms with Gasteiger partial charge in [-0.2, -0.15) is 0 Å². The van der Waals surface area contributed by atoms with Gasteiger partial charge < -0.3 is 18.9 Å². The molecule has 2 saturated heterocycles. The molecule has 178 valence electrons. The van der Waals surface area contributed by atoms with E-state index in [-0.39, 0.29) is 24.1 Å². The fraction of sp³-hybridized carbons (Fsp3) is 0.357. The third-order valence-electron chi connectivity index (χ3n) is 6.02. The maximum atomic E-state index is 11.6. The summed E-state index contributed by atoms with van der Waals surface area (Å²) in [6.45, 7) is 9.63. The van der Waals surface area contributed by atoms with Crippen molar-refractivity contribution in [3.63, 3.8) is 0 Å². The molecule has 34 heavy (non-hydrogen) atoms. The predicted molar refractivity (Wildman–Crippen MR) is 127 cm³/mol. The largest absolute Gasteiger partial charge is 0.455 e. The van der Waals surface area contributed by atoms with E-state index in [2.05, 4.69) is 20.1 Å². The zero-order chi connectivity index (χ0) is 24.1. The number of carbonyl (C=O) groups is 2. The molecule has 2 aliphatic heterocycles. The molecule has 2 aliphatic rings. The van der Waals surface area contributed by atoms with Crippen LogP contribution in [0.2, 0.25) is 0 Å².